The Morgan fingerprint density at radius 1 is 0.750 bits per heavy atom. The Labute approximate surface area is 124 Å². The number of aliphatic carboxylic acids is 1. The zero-order valence-electron chi connectivity index (χ0n) is 14.5. The second kappa shape index (κ2) is 42.9. The molecule has 0 spiro atoms. The van der Waals surface area contributed by atoms with Gasteiger partial charge in [0, 0.05) is 5.97 Å². The summed E-state index contributed by atoms with van der Waals surface area (Å²) >= 11 is 0. The Hall–Kier alpha value is -0.730. The van der Waals surface area contributed by atoms with Crippen molar-refractivity contribution in [3.05, 3.63) is 0 Å². The normalized spacial score (nSPS) is 7.25. The smallest absolute Gasteiger partial charge is 0.0414 e. The van der Waals surface area contributed by atoms with Crippen LogP contribution in [0.25, 0.3) is 0 Å². The maximum atomic E-state index is 9.98. The van der Waals surface area contributed by atoms with Gasteiger partial charge in [-0.15, -0.1) is 13.2 Å². The van der Waals surface area contributed by atoms with Crippen LogP contribution in [-0.2, 0) is 4.79 Å². The Morgan fingerprint density at radius 3 is 1.35 bits per heavy atom. The number of carbonyl (C=O) groups excluding carboxylic acids is 1. The molecule has 0 bridgehead atoms. The Morgan fingerprint density at radius 2 is 1.05 bits per heavy atom. The number of hydrogen-bond donors (Lipinski definition) is 3. The molecule has 0 aliphatic carbocycles. The van der Waals surface area contributed by atoms with E-state index in [2.05, 4.69) is 6.92 Å². The molecule has 130 valence electrons. The molecular formula is C13H39N3O4. The van der Waals surface area contributed by atoms with E-state index < -0.39 is 5.97 Å². The first-order valence-electron chi connectivity index (χ1n) is 6.46. The molecule has 0 amide bonds. The maximum absolute atomic E-state index is 9.98. The molecule has 0 aromatic rings. The fraction of sp³-hybridized carbons (Fsp3) is 0.923. The van der Waals surface area contributed by atoms with Crippen molar-refractivity contribution in [3.8, 4) is 0 Å². The summed E-state index contributed by atoms with van der Waals surface area (Å²) in [5.74, 6) is -0.916. The summed E-state index contributed by atoms with van der Waals surface area (Å²) in [6.45, 7) is 5.31. The zero-order valence-corrected chi connectivity index (χ0v) is 14.5. The van der Waals surface area contributed by atoms with E-state index in [0.717, 1.165) is 12.8 Å². The summed E-state index contributed by atoms with van der Waals surface area (Å²) < 4.78 is 0. The third kappa shape index (κ3) is 86.5. The molecule has 0 unspecified atom stereocenters. The molecule has 0 saturated heterocycles. The van der Waals surface area contributed by atoms with Crippen LogP contribution < -0.4 is 33.8 Å². The van der Waals surface area contributed by atoms with Gasteiger partial charge in [-0.05, 0) is 12.8 Å². The monoisotopic (exact) mass is 301 g/mol. The minimum Gasteiger partial charge on any atom is -0.855 e. The average Bonchev–Trinajstić information content (AvgIpc) is 2.25. The van der Waals surface area contributed by atoms with Gasteiger partial charge in [-0.2, -0.15) is 0 Å². The lowest BCUT2D eigenvalue weighted by molar-refractivity contribution is -0.362. The van der Waals surface area contributed by atoms with E-state index in [0.29, 0.717) is 0 Å². The van der Waals surface area contributed by atoms with Crippen LogP contribution in [0.1, 0.15) is 65.7 Å². The lowest BCUT2D eigenvalue weighted by Crippen LogP contribution is -2.21. The molecule has 0 fully saturated rings. The molecule has 0 saturated carbocycles. The number of hydrogen-bond acceptors (Lipinski definition) is 4. The molecule has 12 N–H and O–H groups in total. The van der Waals surface area contributed by atoms with Gasteiger partial charge in [0.15, 0.2) is 0 Å². The quantitative estimate of drug-likeness (QED) is 0.596. The molecule has 7 heteroatoms. The first-order valence-corrected chi connectivity index (χ1v) is 6.46. The van der Waals surface area contributed by atoms with Gasteiger partial charge >= 0.3 is 0 Å². The van der Waals surface area contributed by atoms with Crippen LogP contribution >= 0.6 is 0 Å². The number of carbonyl (C=O) groups is 1. The zero-order chi connectivity index (χ0) is 13.9. The van der Waals surface area contributed by atoms with E-state index in [9.17, 15) is 9.90 Å². The lowest BCUT2D eigenvalue weighted by Gasteiger charge is -2.00. The van der Waals surface area contributed by atoms with E-state index in [1.165, 1.54) is 25.7 Å². The predicted octanol–water partition coefficient (Wildman–Crippen LogP) is 1.35. The van der Waals surface area contributed by atoms with Crippen molar-refractivity contribution < 1.29 is 20.1 Å². The molecule has 0 aromatic heterocycles. The molecule has 0 atom stereocenters. The largest absolute Gasteiger partial charge is 0.855 e. The van der Waals surface area contributed by atoms with Gasteiger partial charge in [0.2, 0.25) is 0 Å². The van der Waals surface area contributed by atoms with Gasteiger partial charge in [-0.1, -0.05) is 52.9 Å². The van der Waals surface area contributed by atoms with Crippen LogP contribution in [-0.4, -0.2) is 19.2 Å². The summed E-state index contributed by atoms with van der Waals surface area (Å²) in [6, 6.07) is 0. The van der Waals surface area contributed by atoms with Crippen molar-refractivity contribution in [1.82, 2.24) is 18.5 Å². The second-order valence-corrected chi connectivity index (χ2v) is 3.47. The van der Waals surface area contributed by atoms with Gasteiger partial charge in [0.05, 0.1) is 0 Å². The first kappa shape index (κ1) is 36.5. The van der Waals surface area contributed by atoms with Crippen molar-refractivity contribution in [2.45, 2.75) is 65.7 Å². The van der Waals surface area contributed by atoms with Crippen LogP contribution in [0.2, 0.25) is 0 Å². The van der Waals surface area contributed by atoms with Crippen molar-refractivity contribution >= 4 is 5.97 Å². The van der Waals surface area contributed by atoms with Crippen LogP contribution in [0, 0.1) is 0 Å². The molecule has 0 aliphatic rings. The highest BCUT2D eigenvalue weighted by atomic mass is 16.4. The summed E-state index contributed by atoms with van der Waals surface area (Å²) in [6.07, 6.45) is 6.96. The van der Waals surface area contributed by atoms with E-state index in [4.69, 9.17) is 10.2 Å². The molecular weight excluding hydrogens is 262 g/mol. The highest BCUT2D eigenvalue weighted by Gasteiger charge is 1.89. The first-order chi connectivity index (χ1) is 8.10. The van der Waals surface area contributed by atoms with Crippen molar-refractivity contribution in [3.63, 3.8) is 0 Å². The lowest BCUT2D eigenvalue weighted by atomic mass is 10.1. The highest BCUT2D eigenvalue weighted by molar-refractivity contribution is 5.63. The number of quaternary nitrogens is 3. The summed E-state index contributed by atoms with van der Waals surface area (Å²) in [5.41, 5.74) is 0. The maximum Gasteiger partial charge on any atom is 0.0414 e. The molecule has 0 rings (SSSR count). The summed E-state index contributed by atoms with van der Waals surface area (Å²) in [4.78, 5) is 9.98. The number of unbranched alkanes of at least 4 members (excludes halogenated alkanes) is 5. The third-order valence-electron chi connectivity index (χ3n) is 1.73. The van der Waals surface area contributed by atoms with E-state index in [1.807, 2.05) is 0 Å². The topological polar surface area (TPSA) is 196 Å². The van der Waals surface area contributed by atoms with Crippen LogP contribution in [0.3, 0.4) is 0 Å². The number of carboxylic acids is 1. The van der Waals surface area contributed by atoms with Gasteiger partial charge < -0.3 is 38.6 Å². The minimum absolute atomic E-state index is 0. The Bertz CT molecular complexity index is 137. The van der Waals surface area contributed by atoms with E-state index in [1.54, 1.807) is 13.8 Å². The third-order valence-corrected chi connectivity index (χ3v) is 1.73. The highest BCUT2D eigenvalue weighted by Crippen LogP contribution is 2.05. The molecule has 0 aromatic carbocycles. The Balaban J connectivity index is -0.0000000471. The summed E-state index contributed by atoms with van der Waals surface area (Å²) in [7, 11) is 0. The number of carboxylic acid groups (broad SMARTS) is 1. The molecule has 0 radical (unpaired) electrons. The van der Waals surface area contributed by atoms with E-state index >= 15 is 0 Å². The summed E-state index contributed by atoms with van der Waals surface area (Å²) in [5, 5.41) is 27.8. The second-order valence-electron chi connectivity index (χ2n) is 3.47. The van der Waals surface area contributed by atoms with Crippen molar-refractivity contribution in [1.29, 1.82) is 0 Å². The molecule has 0 aliphatic heterocycles. The minimum atomic E-state index is -0.916. The fourth-order valence-electron chi connectivity index (χ4n) is 1.05. The fourth-order valence-corrected chi connectivity index (χ4v) is 1.05. The predicted molar refractivity (Wildman–Crippen MR) is 82.0 cm³/mol. The van der Waals surface area contributed by atoms with Crippen LogP contribution in [0.4, 0.5) is 0 Å². The van der Waals surface area contributed by atoms with Gasteiger partial charge in [0.25, 0.3) is 0 Å². The average molecular weight is 301 g/mol. The van der Waals surface area contributed by atoms with E-state index in [-0.39, 0.29) is 38.1 Å². The SMILES string of the molecule is CCCCCCCCC(=O)[O-].CC[O-].CC[O-].[NH4+].[NH4+].[NH4+]. The van der Waals surface area contributed by atoms with Gasteiger partial charge in [-0.25, -0.2) is 0 Å². The number of rotatable bonds is 7. The van der Waals surface area contributed by atoms with Gasteiger partial charge in [-0.3, -0.25) is 0 Å². The van der Waals surface area contributed by atoms with Crippen molar-refractivity contribution in [2.75, 3.05) is 13.2 Å². The molecule has 0 heterocycles. The molecule has 20 heavy (non-hydrogen) atoms. The van der Waals surface area contributed by atoms with Crippen molar-refractivity contribution in [2.24, 2.45) is 0 Å². The standard InChI is InChI=1S/C9H18O2.2C2H5O.3H3N/c1-2-3-4-5-6-7-8-9(10)11;2*1-2-3;;;/h2-8H2,1H3,(H,10,11);2*2H2,1H3;3*1H3/q;2*-1;;;/p+2. The van der Waals surface area contributed by atoms with Crippen LogP contribution in [0.15, 0.2) is 0 Å². The Kier molecular flexibility index (Phi) is 78.4. The van der Waals surface area contributed by atoms with Gasteiger partial charge in [0.1, 0.15) is 0 Å². The molecule has 7 nitrogen and oxygen atoms in total. The van der Waals surface area contributed by atoms with Crippen LogP contribution in [0.5, 0.6) is 0 Å².